The van der Waals surface area contributed by atoms with Crippen LogP contribution in [0.15, 0.2) is 42.5 Å². The zero-order chi connectivity index (χ0) is 20.2. The highest BCUT2D eigenvalue weighted by Crippen LogP contribution is 2.45. The Morgan fingerprint density at radius 1 is 0.966 bits per heavy atom. The molecule has 2 aliphatic rings. The van der Waals surface area contributed by atoms with Gasteiger partial charge in [0.25, 0.3) is 0 Å². The summed E-state index contributed by atoms with van der Waals surface area (Å²) in [6, 6.07) is 14.5. The van der Waals surface area contributed by atoms with Gasteiger partial charge in [-0.1, -0.05) is 81.3 Å². The third-order valence-corrected chi connectivity index (χ3v) is 7.13. The average molecular weight is 413 g/mol. The third-order valence-electron chi connectivity index (χ3n) is 6.91. The molecule has 2 aliphatic carbocycles. The number of benzene rings is 2. The van der Waals surface area contributed by atoms with E-state index in [1.54, 1.807) is 7.11 Å². The Morgan fingerprint density at radius 3 is 2.45 bits per heavy atom. The fraction of sp³-hybridized carbons (Fsp3) is 0.538. The number of methoxy groups -OCH3 is 1. The lowest BCUT2D eigenvalue weighted by atomic mass is 9.76. The van der Waals surface area contributed by atoms with E-state index >= 15 is 0 Å². The Morgan fingerprint density at radius 2 is 1.69 bits per heavy atom. The van der Waals surface area contributed by atoms with Gasteiger partial charge in [0, 0.05) is 17.0 Å². The molecule has 0 saturated heterocycles. The molecule has 2 nitrogen and oxygen atoms in total. The minimum atomic E-state index is 0.0998. The Balaban J connectivity index is 1.49. The lowest BCUT2D eigenvalue weighted by Gasteiger charge is -2.32. The van der Waals surface area contributed by atoms with Crippen molar-refractivity contribution in [1.29, 1.82) is 0 Å². The Kier molecular flexibility index (Phi) is 6.70. The molecule has 1 fully saturated rings. The fourth-order valence-electron chi connectivity index (χ4n) is 5.47. The van der Waals surface area contributed by atoms with Gasteiger partial charge in [-0.05, 0) is 47.9 Å². The van der Waals surface area contributed by atoms with Crippen molar-refractivity contribution in [3.63, 3.8) is 0 Å². The molecule has 1 saturated carbocycles. The van der Waals surface area contributed by atoms with E-state index in [0.29, 0.717) is 10.9 Å². The summed E-state index contributed by atoms with van der Waals surface area (Å²) >= 11 is 6.29. The molecule has 0 radical (unpaired) electrons. The number of hydrogen-bond donors (Lipinski definition) is 0. The summed E-state index contributed by atoms with van der Waals surface area (Å²) in [7, 11) is 1.66. The van der Waals surface area contributed by atoms with Crippen LogP contribution in [-0.4, -0.2) is 7.11 Å². The third kappa shape index (κ3) is 4.91. The van der Waals surface area contributed by atoms with Gasteiger partial charge in [0.2, 0.25) is 0 Å². The zero-order valence-electron chi connectivity index (χ0n) is 17.7. The average Bonchev–Trinajstić information content (AvgIpc) is 3.06. The monoisotopic (exact) mass is 412 g/mol. The van der Waals surface area contributed by atoms with Crippen LogP contribution in [0.1, 0.15) is 69.1 Å². The van der Waals surface area contributed by atoms with Crippen molar-refractivity contribution in [2.75, 3.05) is 7.11 Å². The molecule has 156 valence electrons. The lowest BCUT2D eigenvalue weighted by molar-refractivity contribution is 0.118. The summed E-state index contributed by atoms with van der Waals surface area (Å²) in [6.07, 6.45) is 10.8. The molecule has 0 N–H and O–H groups in total. The first-order valence-electron chi connectivity index (χ1n) is 11.2. The molecule has 2 unspecified atom stereocenters. The first-order valence-corrected chi connectivity index (χ1v) is 11.6. The van der Waals surface area contributed by atoms with Crippen LogP contribution in [0, 0.1) is 17.8 Å². The SMILES string of the molecule is CCCC1CCC(CC2Cc3ccccc3C2Oc2cc(Cl)cc(OC)c2)CC1. The van der Waals surface area contributed by atoms with Crippen LogP contribution < -0.4 is 9.47 Å². The van der Waals surface area contributed by atoms with E-state index in [1.165, 1.54) is 56.1 Å². The van der Waals surface area contributed by atoms with Gasteiger partial charge >= 0.3 is 0 Å². The van der Waals surface area contributed by atoms with Gasteiger partial charge < -0.3 is 9.47 Å². The summed E-state index contributed by atoms with van der Waals surface area (Å²) in [5.41, 5.74) is 2.78. The van der Waals surface area contributed by atoms with Gasteiger partial charge in [0.05, 0.1) is 7.11 Å². The lowest BCUT2D eigenvalue weighted by Crippen LogP contribution is -2.21. The minimum Gasteiger partial charge on any atom is -0.497 e. The molecule has 3 heteroatoms. The van der Waals surface area contributed by atoms with E-state index in [1.807, 2.05) is 18.2 Å². The van der Waals surface area contributed by atoms with Crippen LogP contribution in [0.5, 0.6) is 11.5 Å². The second-order valence-corrected chi connectivity index (χ2v) is 9.38. The van der Waals surface area contributed by atoms with E-state index in [4.69, 9.17) is 21.1 Å². The maximum Gasteiger partial charge on any atom is 0.127 e. The minimum absolute atomic E-state index is 0.0998. The molecule has 0 heterocycles. The quantitative estimate of drug-likeness (QED) is 0.465. The topological polar surface area (TPSA) is 18.5 Å². The molecule has 0 bridgehead atoms. The van der Waals surface area contributed by atoms with Gasteiger partial charge in [-0.15, -0.1) is 0 Å². The summed E-state index contributed by atoms with van der Waals surface area (Å²) in [6.45, 7) is 2.31. The molecule has 0 aromatic heterocycles. The van der Waals surface area contributed by atoms with Gasteiger partial charge in [0.15, 0.2) is 0 Å². The number of ether oxygens (including phenoxy) is 2. The molecule has 29 heavy (non-hydrogen) atoms. The predicted molar refractivity (Wildman–Crippen MR) is 120 cm³/mol. The van der Waals surface area contributed by atoms with Crippen molar-refractivity contribution >= 4 is 11.6 Å². The van der Waals surface area contributed by atoms with Gasteiger partial charge in [-0.25, -0.2) is 0 Å². The summed E-state index contributed by atoms with van der Waals surface area (Å²) in [5.74, 6) is 3.87. The van der Waals surface area contributed by atoms with Crippen LogP contribution in [0.3, 0.4) is 0 Å². The normalized spacial score (nSPS) is 26.2. The zero-order valence-corrected chi connectivity index (χ0v) is 18.5. The second-order valence-electron chi connectivity index (χ2n) is 8.94. The van der Waals surface area contributed by atoms with E-state index < -0.39 is 0 Å². The van der Waals surface area contributed by atoms with Crippen LogP contribution in [0.2, 0.25) is 5.02 Å². The van der Waals surface area contributed by atoms with E-state index in [9.17, 15) is 0 Å². The van der Waals surface area contributed by atoms with Gasteiger partial charge in [0.1, 0.15) is 17.6 Å². The molecular weight excluding hydrogens is 380 g/mol. The van der Waals surface area contributed by atoms with Crippen LogP contribution >= 0.6 is 11.6 Å². The highest BCUT2D eigenvalue weighted by Gasteiger charge is 2.36. The molecule has 0 amide bonds. The number of rotatable bonds is 7. The largest absolute Gasteiger partial charge is 0.497 e. The molecular formula is C26H33ClO2. The Bertz CT molecular complexity index is 810. The van der Waals surface area contributed by atoms with Crippen molar-refractivity contribution in [3.8, 4) is 11.5 Å². The predicted octanol–water partition coefficient (Wildman–Crippen LogP) is 7.64. The molecule has 2 atom stereocenters. The molecule has 0 spiro atoms. The number of hydrogen-bond acceptors (Lipinski definition) is 2. The molecule has 2 aromatic carbocycles. The summed E-state index contributed by atoms with van der Waals surface area (Å²) < 4.78 is 12.0. The molecule has 0 aliphatic heterocycles. The van der Waals surface area contributed by atoms with Crippen LogP contribution in [-0.2, 0) is 6.42 Å². The van der Waals surface area contributed by atoms with Gasteiger partial charge in [-0.2, -0.15) is 0 Å². The highest BCUT2D eigenvalue weighted by molar-refractivity contribution is 6.30. The highest BCUT2D eigenvalue weighted by atomic mass is 35.5. The first-order chi connectivity index (χ1) is 14.2. The Hall–Kier alpha value is -1.67. The summed E-state index contributed by atoms with van der Waals surface area (Å²) in [4.78, 5) is 0. The smallest absolute Gasteiger partial charge is 0.127 e. The van der Waals surface area contributed by atoms with Crippen molar-refractivity contribution in [2.45, 2.75) is 64.4 Å². The number of halogens is 1. The number of fused-ring (bicyclic) bond motifs is 1. The van der Waals surface area contributed by atoms with Crippen LogP contribution in [0.4, 0.5) is 0 Å². The maximum absolute atomic E-state index is 6.57. The maximum atomic E-state index is 6.57. The van der Waals surface area contributed by atoms with Crippen molar-refractivity contribution in [3.05, 3.63) is 58.6 Å². The van der Waals surface area contributed by atoms with E-state index in [0.717, 1.165) is 29.8 Å². The first kappa shape index (κ1) is 20.6. The van der Waals surface area contributed by atoms with Crippen LogP contribution in [0.25, 0.3) is 0 Å². The van der Waals surface area contributed by atoms with Crippen molar-refractivity contribution in [2.24, 2.45) is 17.8 Å². The summed E-state index contributed by atoms with van der Waals surface area (Å²) in [5, 5.41) is 0.649. The van der Waals surface area contributed by atoms with Crippen molar-refractivity contribution < 1.29 is 9.47 Å². The molecule has 4 rings (SSSR count). The second kappa shape index (κ2) is 9.43. The molecule has 2 aromatic rings. The fourth-order valence-corrected chi connectivity index (χ4v) is 5.68. The Labute approximate surface area is 180 Å². The van der Waals surface area contributed by atoms with Gasteiger partial charge in [-0.3, -0.25) is 0 Å². The van der Waals surface area contributed by atoms with Crippen molar-refractivity contribution in [1.82, 2.24) is 0 Å². The van der Waals surface area contributed by atoms with E-state index in [2.05, 4.69) is 31.2 Å². The standard InChI is InChI=1S/C26H33ClO2/c1-3-6-18-9-11-19(12-10-18)13-21-14-20-7-4-5-8-25(20)26(21)29-24-16-22(27)15-23(17-24)28-2/h4-5,7-8,15-19,21,26H,3,6,9-14H2,1-2H3. The van der Waals surface area contributed by atoms with E-state index in [-0.39, 0.29) is 6.10 Å².